The van der Waals surface area contributed by atoms with Crippen molar-refractivity contribution in [3.8, 4) is 5.88 Å². The van der Waals surface area contributed by atoms with Gasteiger partial charge in [-0.1, -0.05) is 6.92 Å². The van der Waals surface area contributed by atoms with E-state index in [9.17, 15) is 9.90 Å². The lowest BCUT2D eigenvalue weighted by atomic mass is 10.00. The summed E-state index contributed by atoms with van der Waals surface area (Å²) >= 11 is 3.39. The summed E-state index contributed by atoms with van der Waals surface area (Å²) in [5.41, 5.74) is 1.59. The normalized spacial score (nSPS) is 20.6. The molecule has 0 unspecified atom stereocenters. The van der Waals surface area contributed by atoms with Crippen LogP contribution < -0.4 is 4.74 Å². The van der Waals surface area contributed by atoms with Gasteiger partial charge < -0.3 is 14.7 Å². The Bertz CT molecular complexity index is 836. The highest BCUT2D eigenvalue weighted by molar-refractivity contribution is 9.10. The number of hydrogen-bond acceptors (Lipinski definition) is 6. The van der Waals surface area contributed by atoms with Crippen molar-refractivity contribution < 1.29 is 14.6 Å². The lowest BCUT2D eigenvalue weighted by Crippen LogP contribution is -2.49. The molecule has 1 amide bonds. The number of aromatic nitrogens is 2. The van der Waals surface area contributed by atoms with Gasteiger partial charge in [0.25, 0.3) is 5.91 Å². The average Bonchev–Trinajstić information content (AvgIpc) is 2.71. The van der Waals surface area contributed by atoms with Gasteiger partial charge >= 0.3 is 0 Å². The fraction of sp³-hybridized carbons (Fsp3) is 0.476. The zero-order valence-electron chi connectivity index (χ0n) is 17.0. The summed E-state index contributed by atoms with van der Waals surface area (Å²) in [6.45, 7) is 5.77. The summed E-state index contributed by atoms with van der Waals surface area (Å²) in [7, 11) is 2.05. The largest absolute Gasteiger partial charge is 0.472 e. The molecule has 0 bridgehead atoms. The van der Waals surface area contributed by atoms with Crippen molar-refractivity contribution in [2.75, 3.05) is 26.7 Å². The van der Waals surface area contributed by atoms with E-state index >= 15 is 0 Å². The zero-order valence-corrected chi connectivity index (χ0v) is 18.5. The van der Waals surface area contributed by atoms with Crippen LogP contribution in [-0.4, -0.2) is 69.7 Å². The predicted octanol–water partition coefficient (Wildman–Crippen LogP) is 2.59. The third kappa shape index (κ3) is 5.32. The molecule has 2 aromatic rings. The van der Waals surface area contributed by atoms with Gasteiger partial charge in [-0.3, -0.25) is 14.7 Å². The fourth-order valence-electron chi connectivity index (χ4n) is 3.47. The first-order valence-electron chi connectivity index (χ1n) is 9.70. The Labute approximate surface area is 179 Å². The van der Waals surface area contributed by atoms with E-state index in [1.807, 2.05) is 26.1 Å². The van der Waals surface area contributed by atoms with E-state index in [4.69, 9.17) is 4.74 Å². The number of pyridine rings is 2. The van der Waals surface area contributed by atoms with Gasteiger partial charge in [0, 0.05) is 48.6 Å². The maximum atomic E-state index is 13.1. The van der Waals surface area contributed by atoms with Crippen molar-refractivity contribution in [3.63, 3.8) is 0 Å². The quantitative estimate of drug-likeness (QED) is 0.710. The van der Waals surface area contributed by atoms with E-state index in [1.54, 1.807) is 29.6 Å². The first-order chi connectivity index (χ1) is 13.9. The van der Waals surface area contributed by atoms with Crippen molar-refractivity contribution >= 4 is 21.8 Å². The number of nitrogens with zero attached hydrogens (tertiary/aromatic N) is 4. The maximum absolute atomic E-state index is 13.1. The third-order valence-electron chi connectivity index (χ3n) is 5.18. The van der Waals surface area contributed by atoms with Crippen molar-refractivity contribution in [2.24, 2.45) is 5.92 Å². The standard InChI is InChI=1S/C21H27BrN4O3/c1-14-10-26(15(2)13-27)21(28)18-8-17(22)9-24-20(18)29-19(14)12-25(3)11-16-4-6-23-7-5-16/h4-9,14-15,19,27H,10-13H2,1-3H3/t14-,15+,19+/m0/s1. The average molecular weight is 463 g/mol. The maximum Gasteiger partial charge on any atom is 0.259 e. The van der Waals surface area contributed by atoms with Crippen LogP contribution in [0.5, 0.6) is 5.88 Å². The van der Waals surface area contributed by atoms with E-state index < -0.39 is 0 Å². The van der Waals surface area contributed by atoms with E-state index in [1.165, 1.54) is 5.56 Å². The number of halogens is 1. The number of carbonyl (C=O) groups excluding carboxylic acids is 1. The summed E-state index contributed by atoms with van der Waals surface area (Å²) in [5.74, 6) is 0.222. The molecule has 0 aliphatic carbocycles. The molecule has 1 aliphatic heterocycles. The Morgan fingerprint density at radius 2 is 2.14 bits per heavy atom. The van der Waals surface area contributed by atoms with Crippen LogP contribution in [0.4, 0.5) is 0 Å². The molecule has 0 saturated heterocycles. The van der Waals surface area contributed by atoms with Crippen molar-refractivity contribution in [2.45, 2.75) is 32.5 Å². The molecule has 0 saturated carbocycles. The van der Waals surface area contributed by atoms with Crippen LogP contribution in [0.2, 0.25) is 0 Å². The van der Waals surface area contributed by atoms with E-state index in [-0.39, 0.29) is 30.6 Å². The number of ether oxygens (including phenoxy) is 1. The van der Waals surface area contributed by atoms with Gasteiger partial charge in [0.05, 0.1) is 12.6 Å². The molecule has 7 nitrogen and oxygen atoms in total. The van der Waals surface area contributed by atoms with Gasteiger partial charge in [0.2, 0.25) is 5.88 Å². The van der Waals surface area contributed by atoms with Crippen LogP contribution in [0, 0.1) is 5.92 Å². The van der Waals surface area contributed by atoms with Crippen molar-refractivity contribution in [1.29, 1.82) is 0 Å². The van der Waals surface area contributed by atoms with Gasteiger partial charge in [0.15, 0.2) is 0 Å². The summed E-state index contributed by atoms with van der Waals surface area (Å²) in [4.78, 5) is 25.4. The van der Waals surface area contributed by atoms with E-state index in [0.717, 1.165) is 6.54 Å². The molecule has 3 heterocycles. The monoisotopic (exact) mass is 462 g/mol. The molecule has 1 N–H and O–H groups in total. The highest BCUT2D eigenvalue weighted by Gasteiger charge is 2.34. The van der Waals surface area contributed by atoms with Gasteiger partial charge in [-0.2, -0.15) is 0 Å². The first kappa shape index (κ1) is 21.7. The Kier molecular flexibility index (Phi) is 7.21. The second kappa shape index (κ2) is 9.65. The molecule has 29 heavy (non-hydrogen) atoms. The zero-order chi connectivity index (χ0) is 21.0. The number of fused-ring (bicyclic) bond motifs is 1. The molecule has 2 aromatic heterocycles. The van der Waals surface area contributed by atoms with Gasteiger partial charge in [-0.15, -0.1) is 0 Å². The summed E-state index contributed by atoms with van der Waals surface area (Å²) in [6.07, 6.45) is 5.05. The lowest BCUT2D eigenvalue weighted by Gasteiger charge is -2.37. The SMILES string of the molecule is C[C@H](CO)N1C[C@H](C)[C@@H](CN(C)Cc2ccncc2)Oc2ncc(Br)cc2C1=O. The number of likely N-dealkylation sites (N-methyl/N-ethyl adjacent to an activating group) is 1. The molecule has 0 radical (unpaired) electrons. The van der Waals surface area contributed by atoms with E-state index in [2.05, 4.69) is 37.7 Å². The number of aliphatic hydroxyl groups is 1. The minimum Gasteiger partial charge on any atom is -0.472 e. The van der Waals surface area contributed by atoms with Crippen molar-refractivity contribution in [3.05, 3.63) is 52.4 Å². The number of amides is 1. The molecule has 0 fully saturated rings. The Morgan fingerprint density at radius 1 is 1.41 bits per heavy atom. The summed E-state index contributed by atoms with van der Waals surface area (Å²) in [5, 5.41) is 9.67. The summed E-state index contributed by atoms with van der Waals surface area (Å²) in [6, 6.07) is 5.44. The minimum absolute atomic E-state index is 0.0615. The number of aliphatic hydroxyl groups excluding tert-OH is 1. The lowest BCUT2D eigenvalue weighted by molar-refractivity contribution is 0.0325. The smallest absolute Gasteiger partial charge is 0.259 e. The van der Waals surface area contributed by atoms with Crippen LogP contribution in [0.3, 0.4) is 0 Å². The molecule has 1 aliphatic rings. The van der Waals surface area contributed by atoms with Crippen LogP contribution in [0.1, 0.15) is 29.8 Å². The predicted molar refractivity (Wildman–Crippen MR) is 114 cm³/mol. The Hall–Kier alpha value is -2.03. The highest BCUT2D eigenvalue weighted by Crippen LogP contribution is 2.28. The number of hydrogen-bond donors (Lipinski definition) is 1. The molecule has 3 rings (SSSR count). The van der Waals surface area contributed by atoms with E-state index in [0.29, 0.717) is 29.0 Å². The topological polar surface area (TPSA) is 78.8 Å². The molecule has 0 spiro atoms. The molecule has 8 heteroatoms. The van der Waals surface area contributed by atoms with Gasteiger partial charge in [0.1, 0.15) is 11.7 Å². The number of rotatable bonds is 6. The third-order valence-corrected chi connectivity index (χ3v) is 5.61. The fourth-order valence-corrected chi connectivity index (χ4v) is 3.80. The second-order valence-corrected chi connectivity index (χ2v) is 8.60. The van der Waals surface area contributed by atoms with Crippen molar-refractivity contribution in [1.82, 2.24) is 19.8 Å². The molecular formula is C21H27BrN4O3. The highest BCUT2D eigenvalue weighted by atomic mass is 79.9. The molecular weight excluding hydrogens is 436 g/mol. The van der Waals surface area contributed by atoms with Crippen LogP contribution in [0.25, 0.3) is 0 Å². The van der Waals surface area contributed by atoms with Gasteiger partial charge in [-0.05, 0) is 53.7 Å². The number of carbonyl (C=O) groups is 1. The second-order valence-electron chi connectivity index (χ2n) is 7.68. The van der Waals surface area contributed by atoms with Crippen LogP contribution in [-0.2, 0) is 6.54 Å². The molecule has 0 aromatic carbocycles. The van der Waals surface area contributed by atoms with Crippen LogP contribution >= 0.6 is 15.9 Å². The Balaban J connectivity index is 1.85. The minimum atomic E-state index is -0.287. The first-order valence-corrected chi connectivity index (χ1v) is 10.5. The van der Waals surface area contributed by atoms with Gasteiger partial charge in [-0.25, -0.2) is 4.98 Å². The van der Waals surface area contributed by atoms with Crippen LogP contribution in [0.15, 0.2) is 41.3 Å². The summed E-state index contributed by atoms with van der Waals surface area (Å²) < 4.78 is 6.96. The molecule has 156 valence electrons. The molecule has 3 atom stereocenters. The Morgan fingerprint density at radius 3 is 2.83 bits per heavy atom.